The van der Waals surface area contributed by atoms with Gasteiger partial charge in [0.2, 0.25) is 0 Å². The van der Waals surface area contributed by atoms with Gasteiger partial charge in [0.25, 0.3) is 0 Å². The van der Waals surface area contributed by atoms with Crippen LogP contribution < -0.4 is 0 Å². The average molecular weight is 176 g/mol. The van der Waals surface area contributed by atoms with Crippen LogP contribution in [0.1, 0.15) is 32.1 Å². The van der Waals surface area contributed by atoms with Gasteiger partial charge in [-0.1, -0.05) is 5.92 Å². The number of piperidine rings is 1. The number of likely N-dealkylation sites (tertiary alicyclic amines) is 1. The summed E-state index contributed by atoms with van der Waals surface area (Å²) in [5.41, 5.74) is 0.722. The average Bonchev–Trinajstić information content (AvgIpc) is 2.21. The molecule has 1 aliphatic rings. The van der Waals surface area contributed by atoms with Crippen LogP contribution in [0.15, 0.2) is 5.70 Å². The fourth-order valence-electron chi connectivity index (χ4n) is 1.62. The molecular formula is C11H14NO. The van der Waals surface area contributed by atoms with Gasteiger partial charge in [0, 0.05) is 25.9 Å². The summed E-state index contributed by atoms with van der Waals surface area (Å²) in [6.07, 6.45) is 11.5. The summed E-state index contributed by atoms with van der Waals surface area (Å²) in [6.45, 7) is 1.95. The van der Waals surface area contributed by atoms with Crippen LogP contribution in [0.3, 0.4) is 0 Å². The van der Waals surface area contributed by atoms with Crippen LogP contribution in [-0.2, 0) is 4.79 Å². The maximum atomic E-state index is 10.6. The largest absolute Gasteiger partial charge is 0.366 e. The number of carbonyl (C=O) groups excluding carboxylic acids is 1. The van der Waals surface area contributed by atoms with Gasteiger partial charge in [-0.2, -0.15) is 0 Å². The SMILES string of the molecule is [C]#CCCC(=C=O)N1CCCCC1. The Morgan fingerprint density at radius 1 is 1.31 bits per heavy atom. The van der Waals surface area contributed by atoms with E-state index in [1.165, 1.54) is 19.3 Å². The van der Waals surface area contributed by atoms with Crippen molar-refractivity contribution in [3.8, 4) is 5.92 Å². The van der Waals surface area contributed by atoms with Gasteiger partial charge in [-0.3, -0.25) is 0 Å². The molecule has 2 heteroatoms. The first-order valence-electron chi connectivity index (χ1n) is 4.77. The minimum absolute atomic E-state index is 0.529. The molecular weight excluding hydrogens is 162 g/mol. The Morgan fingerprint density at radius 3 is 2.54 bits per heavy atom. The number of rotatable bonds is 3. The van der Waals surface area contributed by atoms with Crippen molar-refractivity contribution in [2.24, 2.45) is 0 Å². The quantitative estimate of drug-likeness (QED) is 0.480. The lowest BCUT2D eigenvalue weighted by molar-refractivity contribution is 0.279. The van der Waals surface area contributed by atoms with E-state index in [9.17, 15) is 4.79 Å². The predicted octanol–water partition coefficient (Wildman–Crippen LogP) is 1.56. The van der Waals surface area contributed by atoms with E-state index in [1.807, 2.05) is 5.94 Å². The Labute approximate surface area is 79.6 Å². The molecule has 0 aromatic heterocycles. The summed E-state index contributed by atoms with van der Waals surface area (Å²) in [6, 6.07) is 0. The fraction of sp³-hybridized carbons (Fsp3) is 0.636. The zero-order chi connectivity index (χ0) is 9.52. The van der Waals surface area contributed by atoms with E-state index in [-0.39, 0.29) is 0 Å². The van der Waals surface area contributed by atoms with E-state index >= 15 is 0 Å². The van der Waals surface area contributed by atoms with Crippen molar-refractivity contribution < 1.29 is 4.79 Å². The molecule has 69 valence electrons. The molecule has 0 aromatic rings. The van der Waals surface area contributed by atoms with E-state index < -0.39 is 0 Å². The molecule has 1 radical (unpaired) electrons. The summed E-state index contributed by atoms with van der Waals surface area (Å²) < 4.78 is 0. The van der Waals surface area contributed by atoms with Crippen LogP contribution in [0, 0.1) is 12.3 Å². The summed E-state index contributed by atoms with van der Waals surface area (Å²) in [7, 11) is 0. The van der Waals surface area contributed by atoms with Gasteiger partial charge in [0.15, 0.2) is 0 Å². The first-order chi connectivity index (χ1) is 6.38. The second-order valence-corrected chi connectivity index (χ2v) is 3.27. The van der Waals surface area contributed by atoms with Gasteiger partial charge < -0.3 is 4.90 Å². The Kier molecular flexibility index (Phi) is 4.15. The van der Waals surface area contributed by atoms with Gasteiger partial charge in [-0.25, -0.2) is 4.79 Å². The van der Waals surface area contributed by atoms with Crippen LogP contribution in [-0.4, -0.2) is 23.9 Å². The normalized spacial score (nSPS) is 16.1. The molecule has 1 saturated heterocycles. The van der Waals surface area contributed by atoms with E-state index in [2.05, 4.69) is 10.8 Å². The van der Waals surface area contributed by atoms with Gasteiger partial charge >= 0.3 is 0 Å². The molecule has 1 fully saturated rings. The Bertz CT molecular complexity index is 239. The third kappa shape index (κ3) is 2.97. The van der Waals surface area contributed by atoms with Crippen molar-refractivity contribution in [1.29, 1.82) is 0 Å². The zero-order valence-electron chi connectivity index (χ0n) is 7.81. The molecule has 0 bridgehead atoms. The van der Waals surface area contributed by atoms with E-state index in [4.69, 9.17) is 6.42 Å². The number of allylic oxidation sites excluding steroid dienone is 1. The van der Waals surface area contributed by atoms with Crippen LogP contribution in [0.2, 0.25) is 0 Å². The van der Waals surface area contributed by atoms with Crippen LogP contribution in [0.5, 0.6) is 0 Å². The lowest BCUT2D eigenvalue weighted by Gasteiger charge is -2.28. The molecule has 2 nitrogen and oxygen atoms in total. The van der Waals surface area contributed by atoms with Gasteiger partial charge in [-0.05, 0) is 25.7 Å². The van der Waals surface area contributed by atoms with Crippen LogP contribution >= 0.6 is 0 Å². The van der Waals surface area contributed by atoms with Gasteiger partial charge in [-0.15, -0.1) is 0 Å². The maximum absolute atomic E-state index is 10.6. The standard InChI is InChI=1S/C11H14NO/c1-2-3-7-11(10-13)12-8-5-4-6-9-12/h3-9H2. The summed E-state index contributed by atoms with van der Waals surface area (Å²) >= 11 is 0. The van der Waals surface area contributed by atoms with Crippen LogP contribution in [0.4, 0.5) is 0 Å². The lowest BCUT2D eigenvalue weighted by Crippen LogP contribution is -2.29. The zero-order valence-corrected chi connectivity index (χ0v) is 7.81. The molecule has 1 aliphatic heterocycles. The first-order valence-corrected chi connectivity index (χ1v) is 4.77. The highest BCUT2D eigenvalue weighted by Gasteiger charge is 2.13. The Balaban J connectivity index is 2.46. The topological polar surface area (TPSA) is 20.3 Å². The monoisotopic (exact) mass is 176 g/mol. The molecule has 0 atom stereocenters. The Hall–Kier alpha value is -1.19. The van der Waals surface area contributed by atoms with E-state index in [0.29, 0.717) is 12.8 Å². The van der Waals surface area contributed by atoms with Crippen molar-refractivity contribution >= 4 is 5.94 Å². The number of hydrogen-bond acceptors (Lipinski definition) is 2. The summed E-state index contributed by atoms with van der Waals surface area (Å²) in [4.78, 5) is 12.7. The third-order valence-corrected chi connectivity index (χ3v) is 2.34. The first kappa shape index (κ1) is 9.89. The van der Waals surface area contributed by atoms with Crippen LogP contribution in [0.25, 0.3) is 0 Å². The highest BCUT2D eigenvalue weighted by atomic mass is 16.1. The third-order valence-electron chi connectivity index (χ3n) is 2.34. The van der Waals surface area contributed by atoms with Gasteiger partial charge in [0.1, 0.15) is 5.94 Å². The molecule has 1 heterocycles. The minimum atomic E-state index is 0.529. The van der Waals surface area contributed by atoms with Crippen molar-refractivity contribution in [2.45, 2.75) is 32.1 Å². The fourth-order valence-corrected chi connectivity index (χ4v) is 1.62. The lowest BCUT2D eigenvalue weighted by atomic mass is 10.1. The summed E-state index contributed by atoms with van der Waals surface area (Å²) in [5, 5.41) is 0. The molecule has 0 saturated carbocycles. The number of hydrogen-bond donors (Lipinski definition) is 0. The molecule has 0 aliphatic carbocycles. The summed E-state index contributed by atoms with van der Waals surface area (Å²) in [5.74, 6) is 4.27. The molecule has 0 unspecified atom stereocenters. The maximum Gasteiger partial charge on any atom is 0.145 e. The molecule has 0 amide bonds. The predicted molar refractivity (Wildman–Crippen MR) is 51.0 cm³/mol. The molecule has 13 heavy (non-hydrogen) atoms. The van der Waals surface area contributed by atoms with Crippen molar-refractivity contribution in [1.82, 2.24) is 4.90 Å². The highest BCUT2D eigenvalue weighted by Crippen LogP contribution is 2.15. The highest BCUT2D eigenvalue weighted by molar-refractivity contribution is 5.51. The molecule has 1 rings (SSSR count). The smallest absolute Gasteiger partial charge is 0.145 e. The van der Waals surface area contributed by atoms with Crippen molar-refractivity contribution in [3.05, 3.63) is 12.1 Å². The molecule has 0 aromatic carbocycles. The number of nitrogens with zero attached hydrogens (tertiary/aromatic N) is 1. The molecule has 0 spiro atoms. The Morgan fingerprint density at radius 2 is 2.00 bits per heavy atom. The van der Waals surface area contributed by atoms with Crippen molar-refractivity contribution in [2.75, 3.05) is 13.1 Å². The van der Waals surface area contributed by atoms with Crippen molar-refractivity contribution in [3.63, 3.8) is 0 Å². The van der Waals surface area contributed by atoms with E-state index in [0.717, 1.165) is 18.8 Å². The van der Waals surface area contributed by atoms with E-state index in [1.54, 1.807) is 0 Å². The minimum Gasteiger partial charge on any atom is -0.366 e. The molecule has 0 N–H and O–H groups in total. The second-order valence-electron chi connectivity index (χ2n) is 3.27. The van der Waals surface area contributed by atoms with Gasteiger partial charge in [0.05, 0.1) is 5.70 Å². The second kappa shape index (κ2) is 5.45.